The van der Waals surface area contributed by atoms with E-state index in [0.29, 0.717) is 6.07 Å². The summed E-state index contributed by atoms with van der Waals surface area (Å²) < 4.78 is 66.4. The van der Waals surface area contributed by atoms with Gasteiger partial charge in [-0.05, 0) is 30.4 Å². The zero-order valence-corrected chi connectivity index (χ0v) is 11.4. The Labute approximate surface area is 118 Å². The quantitative estimate of drug-likeness (QED) is 0.771. The molecule has 0 radical (unpaired) electrons. The van der Waals surface area contributed by atoms with Crippen LogP contribution in [0, 0.1) is 11.6 Å². The maximum atomic E-state index is 13.5. The lowest BCUT2D eigenvalue weighted by atomic mass is 9.66. The number of aliphatic hydroxyl groups is 1. The number of fused-ring (bicyclic) bond motifs is 1. The lowest BCUT2D eigenvalue weighted by molar-refractivity contribution is -0.274. The Morgan fingerprint density at radius 3 is 2.38 bits per heavy atom. The topological polar surface area (TPSA) is 40.5 Å². The van der Waals surface area contributed by atoms with Gasteiger partial charge in [0.1, 0.15) is 0 Å². The van der Waals surface area contributed by atoms with Crippen LogP contribution in [0.5, 0.6) is 5.75 Å². The van der Waals surface area contributed by atoms with Crippen molar-refractivity contribution in [1.82, 2.24) is 0 Å². The van der Waals surface area contributed by atoms with Crippen LogP contribution in [0.4, 0.5) is 22.0 Å². The third kappa shape index (κ3) is 2.18. The fraction of sp³-hybridized carbons (Fsp3) is 0.571. The fourth-order valence-corrected chi connectivity index (χ4v) is 3.05. The highest BCUT2D eigenvalue weighted by Crippen LogP contribution is 2.55. The minimum absolute atomic E-state index is 0.0437. The number of hydrogen-bond acceptors (Lipinski definition) is 2. The molecule has 1 aliphatic carbocycles. The van der Waals surface area contributed by atoms with Gasteiger partial charge >= 0.3 is 6.18 Å². The van der Waals surface area contributed by atoms with Crippen LogP contribution in [0.3, 0.4) is 0 Å². The van der Waals surface area contributed by atoms with Gasteiger partial charge in [-0.15, -0.1) is 0 Å². The van der Waals surface area contributed by atoms with Crippen molar-refractivity contribution in [3.8, 4) is 5.75 Å². The molecule has 3 atom stereocenters. The third-order valence-corrected chi connectivity index (χ3v) is 4.40. The number of rotatable bonds is 1. The van der Waals surface area contributed by atoms with E-state index in [-0.39, 0.29) is 17.5 Å². The average molecular weight is 310 g/mol. The Hall–Kier alpha value is -1.37. The van der Waals surface area contributed by atoms with Crippen LogP contribution >= 0.6 is 0 Å². The standard InChI is InChI=1S/C14H15F5O2/c1-3-7-5-13(21,14(17,18)19)6(2)8-4-9(15)11(16)12(20)10(7)8/h4,6-7,20-21H,3,5H2,1-2H3/t6?,7-,13?/m1/s1. The first kappa shape index (κ1) is 16.0. The Bertz CT molecular complexity index is 569. The zero-order chi connectivity index (χ0) is 16.2. The molecule has 118 valence electrons. The number of hydrogen-bond donors (Lipinski definition) is 2. The minimum Gasteiger partial charge on any atom is -0.505 e. The van der Waals surface area contributed by atoms with Crippen LogP contribution in [0.2, 0.25) is 0 Å². The molecule has 7 heteroatoms. The molecule has 1 aromatic rings. The molecule has 21 heavy (non-hydrogen) atoms. The predicted molar refractivity (Wildman–Crippen MR) is 65.1 cm³/mol. The molecule has 0 spiro atoms. The molecule has 2 N–H and O–H groups in total. The first-order chi connectivity index (χ1) is 9.54. The van der Waals surface area contributed by atoms with Crippen LogP contribution < -0.4 is 0 Å². The van der Waals surface area contributed by atoms with Crippen molar-refractivity contribution in [3.05, 3.63) is 28.8 Å². The van der Waals surface area contributed by atoms with Crippen LogP contribution in [-0.2, 0) is 0 Å². The van der Waals surface area contributed by atoms with E-state index in [1.165, 1.54) is 0 Å². The van der Waals surface area contributed by atoms with Gasteiger partial charge in [-0.3, -0.25) is 0 Å². The summed E-state index contributed by atoms with van der Waals surface area (Å²) in [5.41, 5.74) is -3.28. The molecule has 0 saturated carbocycles. The second-order valence-corrected chi connectivity index (χ2v) is 5.48. The van der Waals surface area contributed by atoms with Gasteiger partial charge in [0, 0.05) is 11.5 Å². The van der Waals surface area contributed by atoms with Crippen molar-refractivity contribution >= 4 is 0 Å². The lowest BCUT2D eigenvalue weighted by Gasteiger charge is -2.44. The maximum Gasteiger partial charge on any atom is 0.417 e. The zero-order valence-electron chi connectivity index (χ0n) is 11.4. The molecule has 2 nitrogen and oxygen atoms in total. The molecule has 0 aromatic heterocycles. The van der Waals surface area contributed by atoms with E-state index in [2.05, 4.69) is 0 Å². The summed E-state index contributed by atoms with van der Waals surface area (Å²) in [4.78, 5) is 0. The third-order valence-electron chi connectivity index (χ3n) is 4.40. The van der Waals surface area contributed by atoms with Gasteiger partial charge in [0.15, 0.2) is 17.2 Å². The van der Waals surface area contributed by atoms with E-state index in [0.717, 1.165) is 6.92 Å². The minimum atomic E-state index is -4.90. The molecule has 2 rings (SSSR count). The van der Waals surface area contributed by atoms with E-state index in [4.69, 9.17) is 0 Å². The van der Waals surface area contributed by atoms with Crippen LogP contribution in [0.1, 0.15) is 49.7 Å². The Morgan fingerprint density at radius 2 is 1.90 bits per heavy atom. The molecule has 0 fully saturated rings. The highest BCUT2D eigenvalue weighted by Gasteiger charge is 2.60. The van der Waals surface area contributed by atoms with Crippen LogP contribution in [0.15, 0.2) is 6.07 Å². The SMILES string of the molecule is CC[C@@H]1CC(O)(C(F)(F)F)C(C)c2cc(F)c(F)c(O)c21. The van der Waals surface area contributed by atoms with Crippen molar-refractivity contribution in [2.24, 2.45) is 0 Å². The first-order valence-electron chi connectivity index (χ1n) is 6.54. The normalized spacial score (nSPS) is 29.3. The maximum absolute atomic E-state index is 13.5. The molecule has 0 aliphatic heterocycles. The van der Waals surface area contributed by atoms with Crippen molar-refractivity contribution in [1.29, 1.82) is 0 Å². The van der Waals surface area contributed by atoms with E-state index in [1.807, 2.05) is 0 Å². The molecular weight excluding hydrogens is 295 g/mol. The number of alkyl halides is 3. The molecule has 2 unspecified atom stereocenters. The monoisotopic (exact) mass is 310 g/mol. The number of aromatic hydroxyl groups is 1. The van der Waals surface area contributed by atoms with Crippen molar-refractivity contribution in [3.63, 3.8) is 0 Å². The largest absolute Gasteiger partial charge is 0.505 e. The second kappa shape index (κ2) is 4.83. The van der Waals surface area contributed by atoms with E-state index < -0.39 is 47.4 Å². The van der Waals surface area contributed by atoms with Gasteiger partial charge in [-0.1, -0.05) is 13.8 Å². The van der Waals surface area contributed by atoms with Gasteiger partial charge in [-0.2, -0.15) is 17.6 Å². The second-order valence-electron chi connectivity index (χ2n) is 5.48. The lowest BCUT2D eigenvalue weighted by Crippen LogP contribution is -2.52. The highest BCUT2D eigenvalue weighted by molar-refractivity contribution is 5.48. The van der Waals surface area contributed by atoms with Gasteiger partial charge in [0.05, 0.1) is 0 Å². The van der Waals surface area contributed by atoms with Gasteiger partial charge in [0.2, 0.25) is 5.82 Å². The van der Waals surface area contributed by atoms with Crippen molar-refractivity contribution in [2.75, 3.05) is 0 Å². The summed E-state index contributed by atoms with van der Waals surface area (Å²) in [5.74, 6) is -6.28. The first-order valence-corrected chi connectivity index (χ1v) is 6.54. The van der Waals surface area contributed by atoms with E-state index >= 15 is 0 Å². The number of phenols is 1. The fourth-order valence-electron chi connectivity index (χ4n) is 3.05. The highest BCUT2D eigenvalue weighted by atomic mass is 19.4. The molecule has 0 amide bonds. The van der Waals surface area contributed by atoms with Gasteiger partial charge in [-0.25, -0.2) is 4.39 Å². The number of phenolic OH excluding ortho intramolecular Hbond substituents is 1. The predicted octanol–water partition coefficient (Wildman–Crippen LogP) is 3.96. The summed E-state index contributed by atoms with van der Waals surface area (Å²) in [6, 6.07) is 0.633. The van der Waals surface area contributed by atoms with Crippen LogP contribution in [0.25, 0.3) is 0 Å². The number of benzene rings is 1. The van der Waals surface area contributed by atoms with E-state index in [1.54, 1.807) is 6.92 Å². The molecule has 1 aliphatic rings. The summed E-state index contributed by atoms with van der Waals surface area (Å²) >= 11 is 0. The van der Waals surface area contributed by atoms with Crippen molar-refractivity contribution in [2.45, 2.75) is 50.3 Å². The Morgan fingerprint density at radius 1 is 1.33 bits per heavy atom. The Balaban J connectivity index is 2.71. The van der Waals surface area contributed by atoms with E-state index in [9.17, 15) is 32.2 Å². The van der Waals surface area contributed by atoms with Crippen LogP contribution in [-0.4, -0.2) is 22.0 Å². The summed E-state index contributed by atoms with van der Waals surface area (Å²) in [6.45, 7) is 2.65. The van der Waals surface area contributed by atoms with Gasteiger partial charge in [0.25, 0.3) is 0 Å². The average Bonchev–Trinajstić information content (AvgIpc) is 2.39. The molecule has 1 aromatic carbocycles. The summed E-state index contributed by atoms with van der Waals surface area (Å²) in [5, 5.41) is 19.8. The molecule has 0 heterocycles. The molecule has 0 saturated heterocycles. The Kier molecular flexibility index (Phi) is 3.68. The number of halogens is 5. The van der Waals surface area contributed by atoms with Crippen molar-refractivity contribution < 1.29 is 32.2 Å². The van der Waals surface area contributed by atoms with Gasteiger partial charge < -0.3 is 10.2 Å². The summed E-state index contributed by atoms with van der Waals surface area (Å²) in [6.07, 6.45) is -5.45. The smallest absolute Gasteiger partial charge is 0.417 e. The molecule has 0 bridgehead atoms. The molecular formula is C14H15F5O2. The summed E-state index contributed by atoms with van der Waals surface area (Å²) in [7, 11) is 0.